The molecular weight excluding hydrogens is 457 g/mol. The maximum atomic E-state index is 15.6. The highest BCUT2D eigenvalue weighted by Crippen LogP contribution is 2.42. The number of halogens is 1. The van der Waals surface area contributed by atoms with Crippen LogP contribution in [0, 0.1) is 11.7 Å². The van der Waals surface area contributed by atoms with Crippen molar-refractivity contribution in [1.82, 2.24) is 25.1 Å². The number of aromatic nitrogens is 4. The predicted octanol–water partition coefficient (Wildman–Crippen LogP) is 5.60. The summed E-state index contributed by atoms with van der Waals surface area (Å²) in [6.07, 6.45) is 4.18. The van der Waals surface area contributed by atoms with Crippen molar-refractivity contribution in [2.45, 2.75) is 19.4 Å². The van der Waals surface area contributed by atoms with Gasteiger partial charge in [0.25, 0.3) is 0 Å². The molecular formula is C28H26FN5O2. The molecule has 2 aromatic heterocycles. The smallest absolute Gasteiger partial charge is 0.231 e. The minimum absolute atomic E-state index is 0.166. The van der Waals surface area contributed by atoms with Crippen LogP contribution < -0.4 is 10.1 Å². The zero-order valence-electron chi connectivity index (χ0n) is 20.2. The zero-order valence-corrected chi connectivity index (χ0v) is 20.2. The summed E-state index contributed by atoms with van der Waals surface area (Å²) in [4.78, 5) is 4.73. The van der Waals surface area contributed by atoms with Crippen molar-refractivity contribution in [2.75, 3.05) is 13.7 Å². The molecule has 8 heteroatoms. The second-order valence-electron chi connectivity index (χ2n) is 9.22. The highest BCUT2D eigenvalue weighted by atomic mass is 19.1. The first-order chi connectivity index (χ1) is 17.6. The third kappa shape index (κ3) is 4.13. The monoisotopic (exact) mass is 483 g/mol. The van der Waals surface area contributed by atoms with Crippen LogP contribution in [-0.4, -0.2) is 33.4 Å². The molecule has 5 aromatic rings. The van der Waals surface area contributed by atoms with Crippen LogP contribution in [0.5, 0.6) is 5.75 Å². The van der Waals surface area contributed by atoms with Crippen LogP contribution in [0.25, 0.3) is 45.1 Å². The molecule has 0 saturated heterocycles. The number of methoxy groups -OCH3 is 1. The molecule has 0 unspecified atom stereocenters. The van der Waals surface area contributed by atoms with Gasteiger partial charge in [0.2, 0.25) is 5.89 Å². The van der Waals surface area contributed by atoms with Crippen molar-refractivity contribution in [3.63, 3.8) is 0 Å². The Bertz CT molecular complexity index is 1540. The predicted molar refractivity (Wildman–Crippen MR) is 136 cm³/mol. The van der Waals surface area contributed by atoms with Gasteiger partial charge in [-0.2, -0.15) is 0 Å². The number of nitrogens with one attached hydrogen (secondary N) is 1. The molecule has 1 saturated carbocycles. The Morgan fingerprint density at radius 1 is 1.11 bits per heavy atom. The van der Waals surface area contributed by atoms with E-state index in [0.717, 1.165) is 29.2 Å². The quantitative estimate of drug-likeness (QED) is 0.309. The summed E-state index contributed by atoms with van der Waals surface area (Å²) in [6, 6.07) is 16.9. The lowest BCUT2D eigenvalue weighted by atomic mass is 9.94. The Morgan fingerprint density at radius 3 is 2.67 bits per heavy atom. The first kappa shape index (κ1) is 22.4. The summed E-state index contributed by atoms with van der Waals surface area (Å²) < 4.78 is 29.2. The molecule has 1 fully saturated rings. The molecule has 1 aliphatic rings. The van der Waals surface area contributed by atoms with Crippen LogP contribution in [-0.2, 0) is 13.6 Å². The highest BCUT2D eigenvalue weighted by molar-refractivity contribution is 5.92. The van der Waals surface area contributed by atoms with Crippen LogP contribution in [0.2, 0.25) is 0 Å². The molecule has 0 aliphatic heterocycles. The molecule has 0 bridgehead atoms. The van der Waals surface area contributed by atoms with E-state index < -0.39 is 5.82 Å². The summed E-state index contributed by atoms with van der Waals surface area (Å²) in [5, 5.41) is 11.8. The van der Waals surface area contributed by atoms with E-state index in [2.05, 4.69) is 15.5 Å². The number of fused-ring (bicyclic) bond motifs is 1. The number of hydrogen-bond acceptors (Lipinski definition) is 6. The fraction of sp³-hybridized carbons (Fsp3) is 0.250. The van der Waals surface area contributed by atoms with Crippen LogP contribution in [0.3, 0.4) is 0 Å². The van der Waals surface area contributed by atoms with Gasteiger partial charge in [0.15, 0.2) is 17.2 Å². The second kappa shape index (κ2) is 9.20. The standard InChI is InChI=1S/C28H26FN5O2/c1-34-16-31-33-27(34)24-20(19-6-4-3-5-7-19)10-11-21(29)25(24)28-32-22-12-18(15-30-14-17-8-9-17)13-23(35-2)26(22)36-28/h3-7,10-13,16-17,30H,8-9,14-15H2,1-2H3. The van der Waals surface area contributed by atoms with E-state index in [1.165, 1.54) is 18.9 Å². The van der Waals surface area contributed by atoms with Gasteiger partial charge in [-0.15, -0.1) is 10.2 Å². The number of oxazole rings is 1. The van der Waals surface area contributed by atoms with Crippen molar-refractivity contribution in [3.8, 4) is 39.7 Å². The molecule has 36 heavy (non-hydrogen) atoms. The molecule has 2 heterocycles. The average molecular weight is 484 g/mol. The Balaban J connectivity index is 1.52. The van der Waals surface area contributed by atoms with E-state index in [0.29, 0.717) is 34.8 Å². The van der Waals surface area contributed by atoms with Gasteiger partial charge in [0.05, 0.1) is 12.7 Å². The van der Waals surface area contributed by atoms with E-state index in [-0.39, 0.29) is 11.5 Å². The van der Waals surface area contributed by atoms with Crippen molar-refractivity contribution >= 4 is 11.1 Å². The van der Waals surface area contributed by atoms with Gasteiger partial charge in [0.1, 0.15) is 17.7 Å². The van der Waals surface area contributed by atoms with Crippen LogP contribution in [0.15, 0.2) is 65.3 Å². The molecule has 0 spiro atoms. The third-order valence-electron chi connectivity index (χ3n) is 6.58. The third-order valence-corrected chi connectivity index (χ3v) is 6.58. The number of ether oxygens (including phenoxy) is 1. The molecule has 0 atom stereocenters. The topological polar surface area (TPSA) is 78.0 Å². The number of rotatable bonds is 8. The molecule has 1 aliphatic carbocycles. The average Bonchev–Trinajstić information content (AvgIpc) is 3.46. The largest absolute Gasteiger partial charge is 0.493 e. The first-order valence-corrected chi connectivity index (χ1v) is 12.0. The lowest BCUT2D eigenvalue weighted by Gasteiger charge is -2.14. The SMILES string of the molecule is COc1cc(CNCC2CC2)cc2nc(-c3c(F)ccc(-c4ccccc4)c3-c3nncn3C)oc12. The summed E-state index contributed by atoms with van der Waals surface area (Å²) in [5.41, 5.74) is 4.66. The lowest BCUT2D eigenvalue weighted by Crippen LogP contribution is -2.16. The Labute approximate surface area is 208 Å². The van der Waals surface area contributed by atoms with Crippen LogP contribution in [0.1, 0.15) is 18.4 Å². The molecule has 0 amide bonds. The Morgan fingerprint density at radius 2 is 1.94 bits per heavy atom. The normalized spacial score (nSPS) is 13.4. The van der Waals surface area contributed by atoms with Crippen molar-refractivity contribution in [1.29, 1.82) is 0 Å². The van der Waals surface area contributed by atoms with Crippen LogP contribution in [0.4, 0.5) is 4.39 Å². The fourth-order valence-electron chi connectivity index (χ4n) is 4.55. The number of hydrogen-bond donors (Lipinski definition) is 1. The van der Waals surface area contributed by atoms with Crippen molar-refractivity contribution < 1.29 is 13.5 Å². The zero-order chi connectivity index (χ0) is 24.6. The maximum absolute atomic E-state index is 15.6. The van der Waals surface area contributed by atoms with Gasteiger partial charge in [-0.3, -0.25) is 0 Å². The molecule has 6 rings (SSSR count). The minimum Gasteiger partial charge on any atom is -0.493 e. The van der Waals surface area contributed by atoms with E-state index in [4.69, 9.17) is 14.1 Å². The lowest BCUT2D eigenvalue weighted by molar-refractivity contribution is 0.410. The molecule has 0 radical (unpaired) electrons. The Hall–Kier alpha value is -4.04. The van der Waals surface area contributed by atoms with Gasteiger partial charge in [-0.25, -0.2) is 9.37 Å². The van der Waals surface area contributed by atoms with Gasteiger partial charge >= 0.3 is 0 Å². The summed E-state index contributed by atoms with van der Waals surface area (Å²) in [5.74, 6) is 1.58. The summed E-state index contributed by atoms with van der Waals surface area (Å²) in [6.45, 7) is 1.70. The molecule has 3 aromatic carbocycles. The van der Waals surface area contributed by atoms with Gasteiger partial charge in [-0.05, 0) is 60.2 Å². The van der Waals surface area contributed by atoms with Crippen molar-refractivity contribution in [2.24, 2.45) is 13.0 Å². The molecule has 7 nitrogen and oxygen atoms in total. The number of nitrogens with zero attached hydrogens (tertiary/aromatic N) is 4. The summed E-state index contributed by atoms with van der Waals surface area (Å²) >= 11 is 0. The van der Waals surface area contributed by atoms with E-state index >= 15 is 4.39 Å². The summed E-state index contributed by atoms with van der Waals surface area (Å²) in [7, 11) is 3.43. The second-order valence-corrected chi connectivity index (χ2v) is 9.22. The first-order valence-electron chi connectivity index (χ1n) is 12.0. The van der Waals surface area contributed by atoms with E-state index in [9.17, 15) is 0 Å². The van der Waals surface area contributed by atoms with E-state index in [1.54, 1.807) is 24.1 Å². The number of benzene rings is 3. The Kier molecular flexibility index (Phi) is 5.73. The van der Waals surface area contributed by atoms with Gasteiger partial charge in [-0.1, -0.05) is 36.4 Å². The molecule has 182 valence electrons. The highest BCUT2D eigenvalue weighted by Gasteiger charge is 2.26. The van der Waals surface area contributed by atoms with E-state index in [1.807, 2.05) is 49.5 Å². The van der Waals surface area contributed by atoms with Crippen LogP contribution >= 0.6 is 0 Å². The number of aryl methyl sites for hydroxylation is 1. The van der Waals surface area contributed by atoms with Gasteiger partial charge < -0.3 is 19.0 Å². The maximum Gasteiger partial charge on any atom is 0.231 e. The van der Waals surface area contributed by atoms with Crippen molar-refractivity contribution in [3.05, 3.63) is 72.3 Å². The fourth-order valence-corrected chi connectivity index (χ4v) is 4.55. The van der Waals surface area contributed by atoms with Gasteiger partial charge in [0, 0.05) is 19.2 Å². The minimum atomic E-state index is -0.454. The molecule has 1 N–H and O–H groups in total.